The van der Waals surface area contributed by atoms with E-state index in [9.17, 15) is 5.26 Å². The minimum atomic E-state index is -0.456. The van der Waals surface area contributed by atoms with Crippen molar-refractivity contribution < 1.29 is 14.2 Å². The van der Waals surface area contributed by atoms with E-state index >= 15 is 0 Å². The Balaban J connectivity index is 1.89. The molecule has 2 aromatic carbocycles. The molecule has 0 saturated carbocycles. The van der Waals surface area contributed by atoms with E-state index in [2.05, 4.69) is 16.3 Å². The maximum absolute atomic E-state index is 9.79. The van der Waals surface area contributed by atoms with Gasteiger partial charge in [0.2, 0.25) is 11.8 Å². The third-order valence-corrected chi connectivity index (χ3v) is 5.15. The second kappa shape index (κ2) is 8.01. The molecule has 0 spiro atoms. The highest BCUT2D eigenvalue weighted by Crippen LogP contribution is 2.46. The predicted octanol–water partition coefficient (Wildman–Crippen LogP) is 4.36. The van der Waals surface area contributed by atoms with Crippen LogP contribution in [0.3, 0.4) is 0 Å². The van der Waals surface area contributed by atoms with Gasteiger partial charge in [0.15, 0.2) is 11.5 Å². The second-order valence-corrected chi connectivity index (χ2v) is 7.03. The normalized spacial score (nSPS) is 15.2. The maximum Gasteiger partial charge on any atom is 0.244 e. The van der Waals surface area contributed by atoms with Gasteiger partial charge in [0.1, 0.15) is 11.6 Å². The van der Waals surface area contributed by atoms with Gasteiger partial charge in [-0.15, -0.1) is 5.10 Å². The van der Waals surface area contributed by atoms with E-state index in [4.69, 9.17) is 31.5 Å². The number of nitrogens with zero attached hydrogens (tertiary/aromatic N) is 2. The number of nitrogens with one attached hydrogen (secondary N) is 1. The molecule has 0 aliphatic carbocycles. The Bertz CT molecular complexity index is 1160. The van der Waals surface area contributed by atoms with Gasteiger partial charge in [-0.1, -0.05) is 23.7 Å². The first-order chi connectivity index (χ1) is 14.6. The molecule has 0 saturated heterocycles. The number of H-pyrrole nitrogens is 1. The maximum atomic E-state index is 9.79. The number of aromatic nitrogens is 2. The number of rotatable bonds is 5. The lowest BCUT2D eigenvalue weighted by molar-refractivity contribution is 0.311. The van der Waals surface area contributed by atoms with Crippen LogP contribution < -0.4 is 19.9 Å². The molecule has 0 unspecified atom stereocenters. The van der Waals surface area contributed by atoms with Crippen LogP contribution in [0.5, 0.6) is 17.4 Å². The van der Waals surface area contributed by atoms with Gasteiger partial charge >= 0.3 is 0 Å². The zero-order chi connectivity index (χ0) is 21.3. The number of fused-ring (bicyclic) bond motifs is 1. The molecular formula is C22H19ClN4O3. The average molecular weight is 423 g/mol. The Labute approximate surface area is 178 Å². The summed E-state index contributed by atoms with van der Waals surface area (Å²) in [5.74, 6) is 1.14. The molecule has 3 N–H and O–H groups in total. The first-order valence-corrected chi connectivity index (χ1v) is 9.67. The van der Waals surface area contributed by atoms with Crippen molar-refractivity contribution in [3.8, 4) is 34.7 Å². The van der Waals surface area contributed by atoms with Crippen molar-refractivity contribution in [3.63, 3.8) is 0 Å². The Morgan fingerprint density at radius 2 is 2.00 bits per heavy atom. The lowest BCUT2D eigenvalue weighted by atomic mass is 9.83. The first-order valence-electron chi connectivity index (χ1n) is 9.29. The Kier molecular flexibility index (Phi) is 5.25. The number of hydrogen-bond acceptors (Lipinski definition) is 6. The third kappa shape index (κ3) is 3.31. The predicted molar refractivity (Wildman–Crippen MR) is 112 cm³/mol. The molecule has 7 nitrogen and oxygen atoms in total. The standard InChI is InChI=1S/C22H19ClN4O3/c1-3-29-16-9-6-13(10-17(16)28-2)20-19-18(12-4-7-14(23)8-5-12)15(11-24)21(25)30-22(19)27-26-20/h4-10,18H,3,25H2,1-2H3,(H,26,27)/t18-/m1/s1. The van der Waals surface area contributed by atoms with Gasteiger partial charge in [0.25, 0.3) is 0 Å². The molecule has 3 aromatic rings. The van der Waals surface area contributed by atoms with Gasteiger partial charge in [0.05, 0.1) is 30.9 Å². The topological polar surface area (TPSA) is 106 Å². The van der Waals surface area contributed by atoms with E-state index in [1.54, 1.807) is 19.2 Å². The molecule has 0 amide bonds. The Hall–Kier alpha value is -3.63. The van der Waals surface area contributed by atoms with Gasteiger partial charge < -0.3 is 19.9 Å². The summed E-state index contributed by atoms with van der Waals surface area (Å²) < 4.78 is 16.7. The number of halogens is 1. The van der Waals surface area contributed by atoms with Gasteiger partial charge in [-0.3, -0.25) is 5.10 Å². The highest BCUT2D eigenvalue weighted by atomic mass is 35.5. The van der Waals surface area contributed by atoms with Gasteiger partial charge in [0, 0.05) is 10.6 Å². The van der Waals surface area contributed by atoms with E-state index in [1.165, 1.54) is 0 Å². The molecule has 0 bridgehead atoms. The van der Waals surface area contributed by atoms with Gasteiger partial charge in [-0.2, -0.15) is 5.26 Å². The fourth-order valence-corrected chi connectivity index (χ4v) is 3.68. The minimum Gasteiger partial charge on any atom is -0.493 e. The van der Waals surface area contributed by atoms with E-state index < -0.39 is 5.92 Å². The zero-order valence-electron chi connectivity index (χ0n) is 16.4. The highest BCUT2D eigenvalue weighted by molar-refractivity contribution is 6.30. The first kappa shape index (κ1) is 19.7. The number of nitriles is 1. The molecule has 1 aliphatic rings. The van der Waals surface area contributed by atoms with Crippen LogP contribution in [0.4, 0.5) is 0 Å². The lowest BCUT2D eigenvalue weighted by Gasteiger charge is -2.24. The zero-order valence-corrected chi connectivity index (χ0v) is 17.2. The fraction of sp³-hybridized carbons (Fsp3) is 0.182. The summed E-state index contributed by atoms with van der Waals surface area (Å²) in [6, 6.07) is 15.0. The van der Waals surface area contributed by atoms with E-state index in [-0.39, 0.29) is 5.88 Å². The Morgan fingerprint density at radius 3 is 2.67 bits per heavy atom. The summed E-state index contributed by atoms with van der Waals surface area (Å²) in [7, 11) is 1.58. The van der Waals surface area contributed by atoms with Crippen molar-refractivity contribution in [1.82, 2.24) is 10.2 Å². The second-order valence-electron chi connectivity index (χ2n) is 6.59. The lowest BCUT2D eigenvalue weighted by Crippen LogP contribution is -2.20. The number of ether oxygens (including phenoxy) is 3. The summed E-state index contributed by atoms with van der Waals surface area (Å²) in [4.78, 5) is 0. The van der Waals surface area contributed by atoms with Crippen LogP contribution in [0.2, 0.25) is 5.02 Å². The number of methoxy groups -OCH3 is 1. The number of aromatic amines is 1. The van der Waals surface area contributed by atoms with Crippen molar-refractivity contribution in [2.75, 3.05) is 13.7 Å². The third-order valence-electron chi connectivity index (χ3n) is 4.89. The summed E-state index contributed by atoms with van der Waals surface area (Å²) in [6.07, 6.45) is 0. The van der Waals surface area contributed by atoms with Crippen LogP contribution >= 0.6 is 11.6 Å². The summed E-state index contributed by atoms with van der Waals surface area (Å²) in [5, 5.41) is 17.7. The minimum absolute atomic E-state index is 0.0345. The fourth-order valence-electron chi connectivity index (χ4n) is 3.55. The van der Waals surface area contributed by atoms with Crippen LogP contribution in [-0.2, 0) is 0 Å². The highest BCUT2D eigenvalue weighted by Gasteiger charge is 2.35. The molecule has 1 aliphatic heterocycles. The van der Waals surface area contributed by atoms with Crippen molar-refractivity contribution >= 4 is 11.6 Å². The Morgan fingerprint density at radius 1 is 1.23 bits per heavy atom. The van der Waals surface area contributed by atoms with E-state index in [1.807, 2.05) is 37.3 Å². The van der Waals surface area contributed by atoms with Crippen molar-refractivity contribution in [2.24, 2.45) is 5.73 Å². The molecule has 8 heteroatoms. The van der Waals surface area contributed by atoms with Crippen molar-refractivity contribution in [2.45, 2.75) is 12.8 Å². The molecule has 1 atom stereocenters. The molecule has 152 valence electrons. The van der Waals surface area contributed by atoms with E-state index in [0.717, 1.165) is 11.1 Å². The number of allylic oxidation sites excluding steroid dienone is 1. The monoisotopic (exact) mass is 422 g/mol. The van der Waals surface area contributed by atoms with Crippen LogP contribution in [0.25, 0.3) is 11.3 Å². The molecule has 0 fully saturated rings. The van der Waals surface area contributed by atoms with Crippen LogP contribution in [-0.4, -0.2) is 23.9 Å². The smallest absolute Gasteiger partial charge is 0.244 e. The number of hydrogen-bond donors (Lipinski definition) is 2. The summed E-state index contributed by atoms with van der Waals surface area (Å²) in [6.45, 7) is 2.43. The van der Waals surface area contributed by atoms with E-state index in [0.29, 0.717) is 45.8 Å². The molecule has 2 heterocycles. The van der Waals surface area contributed by atoms with Crippen LogP contribution in [0.1, 0.15) is 24.0 Å². The number of nitrogens with two attached hydrogens (primary N) is 1. The van der Waals surface area contributed by atoms with Crippen molar-refractivity contribution in [1.29, 1.82) is 5.26 Å². The van der Waals surface area contributed by atoms with Crippen molar-refractivity contribution in [3.05, 3.63) is 70.1 Å². The molecule has 1 aromatic heterocycles. The van der Waals surface area contributed by atoms with Gasteiger partial charge in [-0.05, 0) is 42.8 Å². The molecule has 4 rings (SSSR count). The summed E-state index contributed by atoms with van der Waals surface area (Å²) in [5.41, 5.74) is 9.42. The average Bonchev–Trinajstić information content (AvgIpc) is 3.17. The largest absolute Gasteiger partial charge is 0.493 e. The molecule has 30 heavy (non-hydrogen) atoms. The van der Waals surface area contributed by atoms with Gasteiger partial charge in [-0.25, -0.2) is 0 Å². The SMILES string of the molecule is CCOc1ccc(-c2[nH]nc3c2[C@H](c2ccc(Cl)cc2)C(C#N)=C(N)O3)cc1OC. The number of benzene rings is 2. The molecule has 0 radical (unpaired) electrons. The van der Waals surface area contributed by atoms with Crippen LogP contribution in [0.15, 0.2) is 53.9 Å². The molecular weight excluding hydrogens is 404 g/mol. The quantitative estimate of drug-likeness (QED) is 0.632. The summed E-state index contributed by atoms with van der Waals surface area (Å²) >= 11 is 6.06. The van der Waals surface area contributed by atoms with Crippen LogP contribution in [0, 0.1) is 11.3 Å².